The molecule has 18 heavy (non-hydrogen) atoms. The first-order valence-electron chi connectivity index (χ1n) is 6.14. The quantitative estimate of drug-likeness (QED) is 0.805. The van der Waals surface area contributed by atoms with Crippen LogP contribution in [-0.4, -0.2) is 16.5 Å². The van der Waals surface area contributed by atoms with Crippen molar-refractivity contribution >= 4 is 38.5 Å². The molecule has 1 heterocycles. The van der Waals surface area contributed by atoms with Gasteiger partial charge in [-0.3, -0.25) is 4.99 Å². The van der Waals surface area contributed by atoms with E-state index in [1.807, 2.05) is 0 Å². The summed E-state index contributed by atoms with van der Waals surface area (Å²) in [5.74, 6) is 1.13. The predicted molar refractivity (Wildman–Crippen MR) is 85.8 cm³/mol. The number of rotatable bonds is 1. The summed E-state index contributed by atoms with van der Waals surface area (Å²) in [4.78, 5) is 4.75. The van der Waals surface area contributed by atoms with Gasteiger partial charge >= 0.3 is 0 Å². The molecule has 4 heteroatoms. The first-order chi connectivity index (χ1) is 8.37. The second-order valence-corrected chi connectivity index (χ2v) is 7.25. The van der Waals surface area contributed by atoms with Gasteiger partial charge in [-0.15, -0.1) is 0 Å². The number of benzene rings is 1. The summed E-state index contributed by atoms with van der Waals surface area (Å²) in [7, 11) is 0. The van der Waals surface area contributed by atoms with Crippen LogP contribution in [0.15, 0.2) is 21.6 Å². The first-order valence-corrected chi connectivity index (χ1v) is 7.92. The van der Waals surface area contributed by atoms with E-state index in [0.29, 0.717) is 0 Å². The van der Waals surface area contributed by atoms with Gasteiger partial charge in [0, 0.05) is 15.9 Å². The minimum atomic E-state index is 0.0625. The van der Waals surface area contributed by atoms with Crippen LogP contribution in [0.5, 0.6) is 0 Å². The maximum Gasteiger partial charge on any atom is 0.161 e. The van der Waals surface area contributed by atoms with Gasteiger partial charge in [-0.2, -0.15) is 0 Å². The minimum absolute atomic E-state index is 0.0625. The molecular weight excluding hydrogens is 308 g/mol. The second kappa shape index (κ2) is 5.25. The van der Waals surface area contributed by atoms with Crippen LogP contribution in [0.3, 0.4) is 0 Å². The molecule has 1 aromatic carbocycles. The number of aryl methyl sites for hydroxylation is 2. The Morgan fingerprint density at radius 3 is 2.44 bits per heavy atom. The minimum Gasteiger partial charge on any atom is -0.335 e. The molecule has 0 saturated heterocycles. The SMILES string of the molecule is Cc1cc(NC2=NC(C)(C)CCS2)cc(C)c1Br. The normalized spacial score (nSPS) is 18.4. The van der Waals surface area contributed by atoms with Crippen molar-refractivity contribution in [1.82, 2.24) is 0 Å². The van der Waals surface area contributed by atoms with E-state index in [4.69, 9.17) is 4.99 Å². The van der Waals surface area contributed by atoms with E-state index < -0.39 is 0 Å². The molecule has 2 nitrogen and oxygen atoms in total. The number of hydrogen-bond donors (Lipinski definition) is 1. The Hall–Kier alpha value is -0.480. The molecule has 0 unspecified atom stereocenters. The highest BCUT2D eigenvalue weighted by Crippen LogP contribution is 2.29. The molecule has 98 valence electrons. The molecule has 1 aliphatic rings. The Morgan fingerprint density at radius 2 is 1.89 bits per heavy atom. The highest BCUT2D eigenvalue weighted by atomic mass is 79.9. The summed E-state index contributed by atoms with van der Waals surface area (Å²) in [6, 6.07) is 4.31. The Balaban J connectivity index is 2.22. The third kappa shape index (κ3) is 3.29. The van der Waals surface area contributed by atoms with Crippen LogP contribution in [0, 0.1) is 13.8 Å². The molecule has 0 aliphatic carbocycles. The van der Waals surface area contributed by atoms with E-state index in [1.165, 1.54) is 15.6 Å². The number of thioether (sulfide) groups is 1. The topological polar surface area (TPSA) is 24.4 Å². The number of anilines is 1. The van der Waals surface area contributed by atoms with Crippen molar-refractivity contribution in [2.24, 2.45) is 4.99 Å². The fraction of sp³-hybridized carbons (Fsp3) is 0.500. The lowest BCUT2D eigenvalue weighted by Crippen LogP contribution is -2.27. The average molecular weight is 327 g/mol. The largest absolute Gasteiger partial charge is 0.335 e. The van der Waals surface area contributed by atoms with E-state index in [2.05, 4.69) is 61.1 Å². The first kappa shape index (κ1) is 13.9. The number of aliphatic imine (C=N–C) groups is 1. The van der Waals surface area contributed by atoms with E-state index in [-0.39, 0.29) is 5.54 Å². The predicted octanol–water partition coefficient (Wildman–Crippen LogP) is 4.75. The summed E-state index contributed by atoms with van der Waals surface area (Å²) in [6.07, 6.45) is 1.14. The van der Waals surface area contributed by atoms with E-state index in [9.17, 15) is 0 Å². The molecule has 0 atom stereocenters. The van der Waals surface area contributed by atoms with E-state index in [1.54, 1.807) is 11.8 Å². The third-order valence-corrected chi connectivity index (χ3v) is 5.17. The van der Waals surface area contributed by atoms with Gasteiger partial charge in [-0.05, 0) is 57.4 Å². The summed E-state index contributed by atoms with van der Waals surface area (Å²) < 4.78 is 1.19. The zero-order valence-corrected chi connectivity index (χ0v) is 13.7. The van der Waals surface area contributed by atoms with Crippen molar-refractivity contribution in [3.8, 4) is 0 Å². The van der Waals surface area contributed by atoms with E-state index in [0.717, 1.165) is 23.0 Å². The fourth-order valence-corrected chi connectivity index (χ4v) is 3.49. The van der Waals surface area contributed by atoms with Crippen molar-refractivity contribution in [2.45, 2.75) is 39.7 Å². The fourth-order valence-electron chi connectivity index (χ4n) is 1.97. The molecule has 0 amide bonds. The highest BCUT2D eigenvalue weighted by Gasteiger charge is 2.22. The van der Waals surface area contributed by atoms with Crippen LogP contribution < -0.4 is 5.32 Å². The van der Waals surface area contributed by atoms with Gasteiger partial charge in [0.25, 0.3) is 0 Å². The zero-order chi connectivity index (χ0) is 13.3. The number of nitrogens with one attached hydrogen (secondary N) is 1. The molecule has 0 aromatic heterocycles. The van der Waals surface area contributed by atoms with Gasteiger partial charge in [-0.25, -0.2) is 0 Å². The van der Waals surface area contributed by atoms with Crippen molar-refractivity contribution < 1.29 is 0 Å². The lowest BCUT2D eigenvalue weighted by molar-refractivity contribution is 0.507. The van der Waals surface area contributed by atoms with Crippen LogP contribution in [0.4, 0.5) is 5.69 Å². The Bertz CT molecular complexity index is 472. The van der Waals surface area contributed by atoms with Crippen molar-refractivity contribution in [3.63, 3.8) is 0 Å². The second-order valence-electron chi connectivity index (χ2n) is 5.38. The lowest BCUT2D eigenvalue weighted by Gasteiger charge is -2.26. The molecule has 0 saturated carbocycles. The molecule has 0 radical (unpaired) electrons. The monoisotopic (exact) mass is 326 g/mol. The van der Waals surface area contributed by atoms with E-state index >= 15 is 0 Å². The van der Waals surface area contributed by atoms with Gasteiger partial charge in [0.1, 0.15) is 0 Å². The average Bonchev–Trinajstić information content (AvgIpc) is 2.24. The number of amidine groups is 1. The lowest BCUT2D eigenvalue weighted by atomic mass is 10.0. The molecule has 2 rings (SSSR count). The standard InChI is InChI=1S/C14H19BrN2S/c1-9-7-11(8-10(2)12(9)15)16-13-17-14(3,4)5-6-18-13/h7-8H,5-6H2,1-4H3,(H,16,17). The number of hydrogen-bond acceptors (Lipinski definition) is 3. The summed E-state index contributed by atoms with van der Waals surface area (Å²) >= 11 is 5.40. The summed E-state index contributed by atoms with van der Waals surface area (Å²) in [6.45, 7) is 8.60. The maximum absolute atomic E-state index is 4.75. The van der Waals surface area contributed by atoms with Crippen LogP contribution in [0.2, 0.25) is 0 Å². The van der Waals surface area contributed by atoms with Gasteiger partial charge in [0.05, 0.1) is 5.54 Å². The van der Waals surface area contributed by atoms with Crippen LogP contribution in [-0.2, 0) is 0 Å². The van der Waals surface area contributed by atoms with Crippen molar-refractivity contribution in [1.29, 1.82) is 0 Å². The van der Waals surface area contributed by atoms with Crippen molar-refractivity contribution in [2.75, 3.05) is 11.1 Å². The van der Waals surface area contributed by atoms with Crippen LogP contribution in [0.25, 0.3) is 0 Å². The van der Waals surface area contributed by atoms with Crippen LogP contribution in [0.1, 0.15) is 31.4 Å². The van der Waals surface area contributed by atoms with Crippen molar-refractivity contribution in [3.05, 3.63) is 27.7 Å². The van der Waals surface area contributed by atoms with Gasteiger partial charge in [0.2, 0.25) is 0 Å². The third-order valence-electron chi connectivity index (χ3n) is 3.04. The molecule has 0 spiro atoms. The molecule has 1 aliphatic heterocycles. The van der Waals surface area contributed by atoms with Gasteiger partial charge in [-0.1, -0.05) is 27.7 Å². The Morgan fingerprint density at radius 1 is 1.28 bits per heavy atom. The highest BCUT2D eigenvalue weighted by molar-refractivity contribution is 9.10. The number of halogens is 1. The Labute approximate surface area is 122 Å². The summed E-state index contributed by atoms with van der Waals surface area (Å²) in [5, 5.41) is 4.47. The zero-order valence-electron chi connectivity index (χ0n) is 11.3. The molecule has 0 bridgehead atoms. The molecular formula is C14H19BrN2S. The van der Waals surface area contributed by atoms with Gasteiger partial charge in [0.15, 0.2) is 5.17 Å². The molecule has 1 N–H and O–H groups in total. The smallest absolute Gasteiger partial charge is 0.161 e. The molecule has 1 aromatic rings. The molecule has 0 fully saturated rings. The number of nitrogens with zero attached hydrogens (tertiary/aromatic N) is 1. The van der Waals surface area contributed by atoms with Crippen LogP contribution >= 0.6 is 27.7 Å². The Kier molecular flexibility index (Phi) is 4.07. The maximum atomic E-state index is 4.75. The summed E-state index contributed by atoms with van der Waals surface area (Å²) in [5.41, 5.74) is 3.68. The van der Waals surface area contributed by atoms with Gasteiger partial charge < -0.3 is 5.32 Å².